The van der Waals surface area contributed by atoms with Crippen molar-refractivity contribution in [1.82, 2.24) is 5.32 Å². The summed E-state index contributed by atoms with van der Waals surface area (Å²) in [6, 6.07) is 18.5. The molecular formula is C20H21N. The molecule has 0 heterocycles. The number of hydrogen-bond donors (Lipinski definition) is 1. The summed E-state index contributed by atoms with van der Waals surface area (Å²) in [4.78, 5) is 0. The van der Waals surface area contributed by atoms with Gasteiger partial charge in [-0.25, -0.2) is 0 Å². The van der Waals surface area contributed by atoms with E-state index < -0.39 is 0 Å². The molecule has 21 heavy (non-hydrogen) atoms. The fourth-order valence-electron chi connectivity index (χ4n) is 3.90. The Morgan fingerprint density at radius 3 is 2.14 bits per heavy atom. The number of benzene rings is 2. The molecule has 0 spiro atoms. The topological polar surface area (TPSA) is 12.0 Å². The van der Waals surface area contributed by atoms with E-state index in [4.69, 9.17) is 0 Å². The van der Waals surface area contributed by atoms with Gasteiger partial charge >= 0.3 is 0 Å². The van der Waals surface area contributed by atoms with Crippen LogP contribution in [-0.4, -0.2) is 13.1 Å². The van der Waals surface area contributed by atoms with Crippen LogP contribution in [0, 0.1) is 0 Å². The minimum Gasteiger partial charge on any atom is -0.317 e. The zero-order chi connectivity index (χ0) is 14.2. The number of allylic oxidation sites excluding steroid dienone is 1. The standard InChI is InChI=1S/C20H21N/c1-21-16-10-11-19-17-8-4-2-6-14(17)12-15-7-3-5-9-18(15)20(19)13-16/h2-9,16,21H,10-13H2,1H3. The Labute approximate surface area is 126 Å². The van der Waals surface area contributed by atoms with E-state index in [1.807, 2.05) is 0 Å². The van der Waals surface area contributed by atoms with Crippen LogP contribution in [0.5, 0.6) is 0 Å². The zero-order valence-electron chi connectivity index (χ0n) is 12.5. The zero-order valence-corrected chi connectivity index (χ0v) is 12.5. The number of nitrogens with one attached hydrogen (secondary N) is 1. The van der Waals surface area contributed by atoms with E-state index in [0.29, 0.717) is 6.04 Å². The third-order valence-electron chi connectivity index (χ3n) is 5.03. The first-order valence-electron chi connectivity index (χ1n) is 7.92. The van der Waals surface area contributed by atoms with Gasteiger partial charge in [-0.1, -0.05) is 48.5 Å². The van der Waals surface area contributed by atoms with Gasteiger partial charge in [-0.3, -0.25) is 0 Å². The van der Waals surface area contributed by atoms with Crippen molar-refractivity contribution < 1.29 is 0 Å². The molecule has 0 bridgehead atoms. The molecule has 0 aliphatic heterocycles. The Kier molecular flexibility index (Phi) is 3.16. The van der Waals surface area contributed by atoms with Crippen LogP contribution in [0.1, 0.15) is 41.5 Å². The monoisotopic (exact) mass is 275 g/mol. The van der Waals surface area contributed by atoms with E-state index in [1.54, 1.807) is 11.1 Å². The first-order chi connectivity index (χ1) is 10.4. The van der Waals surface area contributed by atoms with E-state index in [1.165, 1.54) is 35.1 Å². The second-order valence-corrected chi connectivity index (χ2v) is 6.18. The van der Waals surface area contributed by atoms with Crippen molar-refractivity contribution in [1.29, 1.82) is 0 Å². The lowest BCUT2D eigenvalue weighted by Crippen LogP contribution is -2.28. The van der Waals surface area contributed by atoms with E-state index in [9.17, 15) is 0 Å². The number of rotatable bonds is 1. The van der Waals surface area contributed by atoms with Crippen molar-refractivity contribution in [3.63, 3.8) is 0 Å². The van der Waals surface area contributed by atoms with Gasteiger partial charge < -0.3 is 5.32 Å². The Balaban J connectivity index is 1.96. The van der Waals surface area contributed by atoms with Gasteiger partial charge in [0.1, 0.15) is 0 Å². The number of fused-ring (bicyclic) bond motifs is 4. The van der Waals surface area contributed by atoms with Gasteiger partial charge in [0.05, 0.1) is 0 Å². The summed E-state index contributed by atoms with van der Waals surface area (Å²) in [5.41, 5.74) is 9.08. The smallest absolute Gasteiger partial charge is 0.0108 e. The average molecular weight is 275 g/mol. The van der Waals surface area contributed by atoms with Crippen LogP contribution in [0.15, 0.2) is 48.5 Å². The molecule has 2 aromatic rings. The summed E-state index contributed by atoms with van der Waals surface area (Å²) in [6.07, 6.45) is 4.64. The Bertz CT molecular complexity index is 711. The molecular weight excluding hydrogens is 254 g/mol. The molecule has 2 aliphatic carbocycles. The predicted octanol–water partition coefficient (Wildman–Crippen LogP) is 4.27. The van der Waals surface area contributed by atoms with Crippen LogP contribution < -0.4 is 5.32 Å². The van der Waals surface area contributed by atoms with E-state index >= 15 is 0 Å². The molecule has 1 N–H and O–H groups in total. The third kappa shape index (κ3) is 2.13. The van der Waals surface area contributed by atoms with Crippen molar-refractivity contribution in [2.45, 2.75) is 31.7 Å². The Hall–Kier alpha value is -1.86. The molecule has 2 aromatic carbocycles. The summed E-state index contributed by atoms with van der Waals surface area (Å²) in [5, 5.41) is 3.48. The summed E-state index contributed by atoms with van der Waals surface area (Å²) in [7, 11) is 2.09. The van der Waals surface area contributed by atoms with E-state index in [-0.39, 0.29) is 0 Å². The van der Waals surface area contributed by atoms with Gasteiger partial charge in [0.25, 0.3) is 0 Å². The minimum atomic E-state index is 0.613. The van der Waals surface area contributed by atoms with Crippen molar-refractivity contribution in [3.05, 3.63) is 70.8 Å². The van der Waals surface area contributed by atoms with Gasteiger partial charge in [-0.05, 0) is 66.1 Å². The maximum Gasteiger partial charge on any atom is 0.0108 e. The van der Waals surface area contributed by atoms with Crippen LogP contribution in [0.25, 0.3) is 11.1 Å². The molecule has 0 amide bonds. The maximum absolute atomic E-state index is 3.48. The predicted molar refractivity (Wildman–Crippen MR) is 89.2 cm³/mol. The quantitative estimate of drug-likeness (QED) is 0.819. The first-order valence-corrected chi connectivity index (χ1v) is 7.92. The van der Waals surface area contributed by atoms with Gasteiger partial charge in [-0.15, -0.1) is 0 Å². The molecule has 0 radical (unpaired) electrons. The largest absolute Gasteiger partial charge is 0.317 e. The molecule has 0 fully saturated rings. The molecule has 1 nitrogen and oxygen atoms in total. The highest BCUT2D eigenvalue weighted by molar-refractivity contribution is 5.94. The second kappa shape index (κ2) is 5.16. The molecule has 0 saturated carbocycles. The molecule has 1 unspecified atom stereocenters. The van der Waals surface area contributed by atoms with Crippen molar-refractivity contribution >= 4 is 11.1 Å². The lowest BCUT2D eigenvalue weighted by Gasteiger charge is -2.27. The lowest BCUT2D eigenvalue weighted by molar-refractivity contribution is 0.530. The highest BCUT2D eigenvalue weighted by Gasteiger charge is 2.26. The molecule has 4 rings (SSSR count). The van der Waals surface area contributed by atoms with Crippen molar-refractivity contribution in [3.8, 4) is 0 Å². The molecule has 106 valence electrons. The summed E-state index contributed by atoms with van der Waals surface area (Å²) < 4.78 is 0. The summed E-state index contributed by atoms with van der Waals surface area (Å²) >= 11 is 0. The molecule has 0 aromatic heterocycles. The highest BCUT2D eigenvalue weighted by atomic mass is 14.9. The van der Waals surface area contributed by atoms with Gasteiger partial charge in [0.2, 0.25) is 0 Å². The van der Waals surface area contributed by atoms with Crippen LogP contribution in [0.3, 0.4) is 0 Å². The Morgan fingerprint density at radius 1 is 0.857 bits per heavy atom. The fraction of sp³-hybridized carbons (Fsp3) is 0.300. The molecule has 2 aliphatic rings. The van der Waals surface area contributed by atoms with Crippen molar-refractivity contribution in [2.75, 3.05) is 7.05 Å². The molecule has 1 heteroatoms. The molecule has 0 saturated heterocycles. The number of hydrogen-bond acceptors (Lipinski definition) is 1. The lowest BCUT2D eigenvalue weighted by atomic mass is 9.81. The third-order valence-corrected chi connectivity index (χ3v) is 5.03. The van der Waals surface area contributed by atoms with Gasteiger partial charge in [-0.2, -0.15) is 0 Å². The van der Waals surface area contributed by atoms with Crippen LogP contribution >= 0.6 is 0 Å². The van der Waals surface area contributed by atoms with Gasteiger partial charge in [0.15, 0.2) is 0 Å². The average Bonchev–Trinajstić information content (AvgIpc) is 2.69. The first kappa shape index (κ1) is 12.8. The Morgan fingerprint density at radius 2 is 1.48 bits per heavy atom. The van der Waals surface area contributed by atoms with Crippen LogP contribution in [0.2, 0.25) is 0 Å². The normalized spacial score (nSPS) is 20.3. The summed E-state index contributed by atoms with van der Waals surface area (Å²) in [5.74, 6) is 0. The SMILES string of the molecule is CNC1CCC2=C(C1)c1ccccc1Cc1ccccc12. The van der Waals surface area contributed by atoms with Crippen molar-refractivity contribution in [2.24, 2.45) is 0 Å². The van der Waals surface area contributed by atoms with E-state index in [0.717, 1.165) is 12.8 Å². The van der Waals surface area contributed by atoms with E-state index in [2.05, 4.69) is 60.9 Å². The van der Waals surface area contributed by atoms with Gasteiger partial charge in [0, 0.05) is 6.04 Å². The summed E-state index contributed by atoms with van der Waals surface area (Å²) in [6.45, 7) is 0. The second-order valence-electron chi connectivity index (χ2n) is 6.18. The molecule has 1 atom stereocenters. The van der Waals surface area contributed by atoms with Crippen LogP contribution in [-0.2, 0) is 6.42 Å². The fourth-order valence-corrected chi connectivity index (χ4v) is 3.90. The maximum atomic E-state index is 3.48. The minimum absolute atomic E-state index is 0.613. The highest BCUT2D eigenvalue weighted by Crippen LogP contribution is 2.43. The van der Waals surface area contributed by atoms with Crippen LogP contribution in [0.4, 0.5) is 0 Å².